The lowest BCUT2D eigenvalue weighted by molar-refractivity contribution is 0.200. The van der Waals surface area contributed by atoms with Crippen molar-refractivity contribution in [2.24, 2.45) is 0 Å². The van der Waals surface area contributed by atoms with Gasteiger partial charge in [-0.1, -0.05) is 12.1 Å². The average Bonchev–Trinajstić information content (AvgIpc) is 3.02. The van der Waals surface area contributed by atoms with Gasteiger partial charge in [-0.25, -0.2) is 13.2 Å². The van der Waals surface area contributed by atoms with Crippen molar-refractivity contribution in [2.75, 3.05) is 11.0 Å². The number of para-hydroxylation sites is 2. The first-order chi connectivity index (χ1) is 8.44. The Morgan fingerprint density at radius 1 is 1.33 bits per heavy atom. The minimum atomic E-state index is -3.41. The van der Waals surface area contributed by atoms with Crippen molar-refractivity contribution in [3.8, 4) is 5.75 Å². The molecule has 0 heterocycles. The molecule has 6 nitrogen and oxygen atoms in total. The summed E-state index contributed by atoms with van der Waals surface area (Å²) < 4.78 is 29.7. The molecule has 7 heteroatoms. The molecule has 1 saturated carbocycles. The third-order valence-corrected chi connectivity index (χ3v) is 2.88. The number of carbonyl (C=O) groups excluding carboxylic acids is 1. The molecule has 0 unspecified atom stereocenters. The molecule has 0 spiro atoms. The van der Waals surface area contributed by atoms with Crippen LogP contribution in [0, 0.1) is 0 Å². The van der Waals surface area contributed by atoms with Gasteiger partial charge < -0.3 is 10.1 Å². The molecule has 0 atom stereocenters. The molecule has 0 aliphatic heterocycles. The first-order valence-corrected chi connectivity index (χ1v) is 7.38. The Bertz CT molecular complexity index is 552. The van der Waals surface area contributed by atoms with Crippen LogP contribution in [0.1, 0.15) is 12.8 Å². The van der Waals surface area contributed by atoms with Crippen molar-refractivity contribution >= 4 is 21.8 Å². The van der Waals surface area contributed by atoms with Gasteiger partial charge in [0, 0.05) is 6.04 Å². The van der Waals surface area contributed by atoms with Crippen LogP contribution in [0.3, 0.4) is 0 Å². The highest BCUT2D eigenvalue weighted by Gasteiger charge is 2.24. The SMILES string of the molecule is CS(=O)(=O)Nc1ccccc1OC(=O)NC1CC1. The van der Waals surface area contributed by atoms with Crippen LogP contribution in [0.25, 0.3) is 0 Å². The number of nitrogens with one attached hydrogen (secondary N) is 2. The summed E-state index contributed by atoms with van der Waals surface area (Å²) in [6.45, 7) is 0. The highest BCUT2D eigenvalue weighted by molar-refractivity contribution is 7.92. The summed E-state index contributed by atoms with van der Waals surface area (Å²) in [6.07, 6.45) is 2.38. The van der Waals surface area contributed by atoms with E-state index in [-0.39, 0.29) is 17.5 Å². The number of carbonyl (C=O) groups is 1. The van der Waals surface area contributed by atoms with Gasteiger partial charge in [-0.3, -0.25) is 4.72 Å². The summed E-state index contributed by atoms with van der Waals surface area (Å²) in [7, 11) is -3.41. The highest BCUT2D eigenvalue weighted by Crippen LogP contribution is 2.25. The molecule has 0 bridgehead atoms. The second-order valence-corrected chi connectivity index (χ2v) is 5.93. The van der Waals surface area contributed by atoms with Crippen molar-refractivity contribution in [1.29, 1.82) is 0 Å². The Balaban J connectivity index is 2.08. The van der Waals surface area contributed by atoms with E-state index in [0.29, 0.717) is 0 Å². The zero-order chi connectivity index (χ0) is 13.2. The maximum Gasteiger partial charge on any atom is 0.412 e. The van der Waals surface area contributed by atoms with Crippen molar-refractivity contribution in [2.45, 2.75) is 18.9 Å². The number of rotatable bonds is 4. The van der Waals surface area contributed by atoms with E-state index < -0.39 is 16.1 Å². The maximum atomic E-state index is 11.5. The first-order valence-electron chi connectivity index (χ1n) is 5.49. The van der Waals surface area contributed by atoms with Gasteiger partial charge in [0.2, 0.25) is 10.0 Å². The molecular formula is C11H14N2O4S. The van der Waals surface area contributed by atoms with Crippen LogP contribution >= 0.6 is 0 Å². The van der Waals surface area contributed by atoms with E-state index in [2.05, 4.69) is 10.0 Å². The second-order valence-electron chi connectivity index (χ2n) is 4.18. The van der Waals surface area contributed by atoms with E-state index in [9.17, 15) is 13.2 Å². The van der Waals surface area contributed by atoms with Gasteiger partial charge in [0.05, 0.1) is 11.9 Å². The third kappa shape index (κ3) is 3.92. The topological polar surface area (TPSA) is 84.5 Å². The Labute approximate surface area is 105 Å². The zero-order valence-corrected chi connectivity index (χ0v) is 10.7. The molecule has 0 radical (unpaired) electrons. The van der Waals surface area contributed by atoms with Gasteiger partial charge in [0.1, 0.15) is 0 Å². The molecule has 2 N–H and O–H groups in total. The molecule has 0 saturated heterocycles. The quantitative estimate of drug-likeness (QED) is 0.864. The standard InChI is InChI=1S/C11H14N2O4S/c1-18(15,16)13-9-4-2-3-5-10(9)17-11(14)12-8-6-7-8/h2-5,8,13H,6-7H2,1H3,(H,12,14). The van der Waals surface area contributed by atoms with Crippen LogP contribution in [0.2, 0.25) is 0 Å². The predicted octanol–water partition coefficient (Wildman–Crippen LogP) is 1.31. The lowest BCUT2D eigenvalue weighted by Gasteiger charge is -2.11. The van der Waals surface area contributed by atoms with E-state index in [1.54, 1.807) is 12.1 Å². The highest BCUT2D eigenvalue weighted by atomic mass is 32.2. The Morgan fingerprint density at radius 3 is 2.61 bits per heavy atom. The van der Waals surface area contributed by atoms with Crippen LogP contribution in [0.5, 0.6) is 5.75 Å². The molecule has 1 aromatic carbocycles. The fourth-order valence-electron chi connectivity index (χ4n) is 1.36. The van der Waals surface area contributed by atoms with Crippen molar-refractivity contribution in [1.82, 2.24) is 5.32 Å². The van der Waals surface area contributed by atoms with Crippen molar-refractivity contribution < 1.29 is 17.9 Å². The molecule has 1 fully saturated rings. The maximum absolute atomic E-state index is 11.5. The summed E-state index contributed by atoms with van der Waals surface area (Å²) in [5, 5.41) is 2.65. The molecule has 1 amide bonds. The molecule has 1 aromatic rings. The van der Waals surface area contributed by atoms with Gasteiger partial charge in [-0.2, -0.15) is 0 Å². The summed E-state index contributed by atoms with van der Waals surface area (Å²) in [5.41, 5.74) is 0.242. The van der Waals surface area contributed by atoms with E-state index in [4.69, 9.17) is 4.74 Å². The largest absolute Gasteiger partial charge is 0.412 e. The predicted molar refractivity (Wildman–Crippen MR) is 67.1 cm³/mol. The van der Waals surface area contributed by atoms with Gasteiger partial charge in [-0.15, -0.1) is 0 Å². The molecule has 1 aliphatic rings. The second kappa shape index (κ2) is 4.85. The zero-order valence-electron chi connectivity index (χ0n) is 9.84. The smallest absolute Gasteiger partial charge is 0.408 e. The number of amides is 1. The van der Waals surface area contributed by atoms with Gasteiger partial charge in [-0.05, 0) is 25.0 Å². The fraction of sp³-hybridized carbons (Fsp3) is 0.364. The number of ether oxygens (including phenoxy) is 1. The van der Waals surface area contributed by atoms with Crippen molar-refractivity contribution in [3.05, 3.63) is 24.3 Å². The summed E-state index contributed by atoms with van der Waals surface area (Å²) >= 11 is 0. The van der Waals surface area contributed by atoms with Crippen LogP contribution in [-0.4, -0.2) is 26.8 Å². The van der Waals surface area contributed by atoms with Crippen LogP contribution in [0.15, 0.2) is 24.3 Å². The molecule has 2 rings (SSSR count). The minimum Gasteiger partial charge on any atom is -0.408 e. The number of hydrogen-bond donors (Lipinski definition) is 2. The third-order valence-electron chi connectivity index (χ3n) is 2.28. The van der Waals surface area contributed by atoms with Crippen LogP contribution in [-0.2, 0) is 10.0 Å². The van der Waals surface area contributed by atoms with Gasteiger partial charge in [0.25, 0.3) is 0 Å². The fourth-order valence-corrected chi connectivity index (χ4v) is 1.93. The van der Waals surface area contributed by atoms with Crippen LogP contribution in [0.4, 0.5) is 10.5 Å². The number of hydrogen-bond acceptors (Lipinski definition) is 4. The minimum absolute atomic E-state index is 0.182. The molecule has 98 valence electrons. The lowest BCUT2D eigenvalue weighted by Crippen LogP contribution is -2.29. The molecule has 0 aromatic heterocycles. The lowest BCUT2D eigenvalue weighted by atomic mass is 10.3. The Hall–Kier alpha value is -1.76. The number of anilines is 1. The summed E-state index contributed by atoms with van der Waals surface area (Å²) in [6, 6.07) is 6.56. The number of benzene rings is 1. The van der Waals surface area contributed by atoms with Crippen LogP contribution < -0.4 is 14.8 Å². The number of sulfonamides is 1. The first kappa shape index (κ1) is 12.7. The van der Waals surface area contributed by atoms with E-state index in [1.165, 1.54) is 12.1 Å². The summed E-state index contributed by atoms with van der Waals surface area (Å²) in [4.78, 5) is 11.5. The Kier molecular flexibility index (Phi) is 3.42. The average molecular weight is 270 g/mol. The van der Waals surface area contributed by atoms with Gasteiger partial charge in [0.15, 0.2) is 5.75 Å². The van der Waals surface area contributed by atoms with E-state index in [0.717, 1.165) is 19.1 Å². The Morgan fingerprint density at radius 2 is 2.00 bits per heavy atom. The molecular weight excluding hydrogens is 256 g/mol. The van der Waals surface area contributed by atoms with Gasteiger partial charge >= 0.3 is 6.09 Å². The molecule has 18 heavy (non-hydrogen) atoms. The summed E-state index contributed by atoms with van der Waals surface area (Å²) in [5.74, 6) is 0.182. The van der Waals surface area contributed by atoms with Crippen molar-refractivity contribution in [3.63, 3.8) is 0 Å². The molecule has 1 aliphatic carbocycles. The van der Waals surface area contributed by atoms with E-state index >= 15 is 0 Å². The monoisotopic (exact) mass is 270 g/mol. The van der Waals surface area contributed by atoms with E-state index in [1.807, 2.05) is 0 Å². The normalized spacial score (nSPS) is 14.9.